The highest BCUT2D eigenvalue weighted by Crippen LogP contribution is 2.22. The molecule has 0 aliphatic heterocycles. The van der Waals surface area contributed by atoms with Gasteiger partial charge in [-0.05, 0) is 48.2 Å². The lowest BCUT2D eigenvalue weighted by Gasteiger charge is -2.07. The zero-order chi connectivity index (χ0) is 19.4. The van der Waals surface area contributed by atoms with Crippen molar-refractivity contribution in [2.45, 2.75) is 26.7 Å². The van der Waals surface area contributed by atoms with E-state index >= 15 is 0 Å². The van der Waals surface area contributed by atoms with E-state index < -0.39 is 5.97 Å². The molecule has 1 heterocycles. The molecule has 4 nitrogen and oxygen atoms in total. The molecule has 0 atom stereocenters. The van der Waals surface area contributed by atoms with Gasteiger partial charge in [-0.2, -0.15) is 5.10 Å². The molecule has 27 heavy (non-hydrogen) atoms. The first-order valence-electron chi connectivity index (χ1n) is 8.91. The van der Waals surface area contributed by atoms with Gasteiger partial charge in [0.25, 0.3) is 0 Å². The summed E-state index contributed by atoms with van der Waals surface area (Å²) < 4.78 is 1.75. The Morgan fingerprint density at radius 1 is 1.07 bits per heavy atom. The standard InChI is InChI=1S/C22H21ClN2O2/c1-3-19-21(22(26)27)20(4-2)25(24-19)18-7-5-6-16(14-18)9-8-15-10-12-17(23)13-11-15/h5-14H,3-4H2,1-2H3,(H,26,27). The van der Waals surface area contributed by atoms with Gasteiger partial charge in [-0.3, -0.25) is 0 Å². The van der Waals surface area contributed by atoms with Crippen molar-refractivity contribution in [3.8, 4) is 5.69 Å². The fourth-order valence-electron chi connectivity index (χ4n) is 3.06. The van der Waals surface area contributed by atoms with Gasteiger partial charge in [-0.25, -0.2) is 9.48 Å². The monoisotopic (exact) mass is 380 g/mol. The van der Waals surface area contributed by atoms with Crippen molar-refractivity contribution in [1.29, 1.82) is 0 Å². The molecule has 0 radical (unpaired) electrons. The van der Waals surface area contributed by atoms with Crippen molar-refractivity contribution < 1.29 is 9.90 Å². The minimum Gasteiger partial charge on any atom is -0.478 e. The molecule has 0 bridgehead atoms. The number of aromatic carboxylic acids is 1. The summed E-state index contributed by atoms with van der Waals surface area (Å²) in [6.45, 7) is 3.87. The first-order chi connectivity index (χ1) is 13.0. The summed E-state index contributed by atoms with van der Waals surface area (Å²) in [5.41, 5.74) is 4.57. The third-order valence-corrected chi connectivity index (χ3v) is 4.64. The second kappa shape index (κ2) is 8.23. The van der Waals surface area contributed by atoms with Crippen LogP contribution in [0.1, 0.15) is 46.7 Å². The maximum absolute atomic E-state index is 11.7. The van der Waals surface area contributed by atoms with Crippen molar-refractivity contribution in [2.75, 3.05) is 0 Å². The topological polar surface area (TPSA) is 55.1 Å². The van der Waals surface area contributed by atoms with Gasteiger partial charge in [-0.15, -0.1) is 0 Å². The number of hydrogen-bond acceptors (Lipinski definition) is 2. The summed E-state index contributed by atoms with van der Waals surface area (Å²) in [5, 5.41) is 14.8. The molecular weight excluding hydrogens is 360 g/mol. The van der Waals surface area contributed by atoms with E-state index in [1.54, 1.807) is 4.68 Å². The van der Waals surface area contributed by atoms with Crippen molar-refractivity contribution in [3.63, 3.8) is 0 Å². The van der Waals surface area contributed by atoms with Gasteiger partial charge in [0.2, 0.25) is 0 Å². The summed E-state index contributed by atoms with van der Waals surface area (Å²) in [6, 6.07) is 15.5. The van der Waals surface area contributed by atoms with E-state index in [1.165, 1.54) is 0 Å². The van der Waals surface area contributed by atoms with E-state index in [9.17, 15) is 9.90 Å². The number of benzene rings is 2. The Morgan fingerprint density at radius 2 is 1.78 bits per heavy atom. The number of carboxylic acid groups (broad SMARTS) is 1. The first-order valence-corrected chi connectivity index (χ1v) is 9.29. The third-order valence-electron chi connectivity index (χ3n) is 4.39. The van der Waals surface area contributed by atoms with E-state index in [0.29, 0.717) is 29.1 Å². The lowest BCUT2D eigenvalue weighted by molar-refractivity contribution is 0.0694. The Hall–Kier alpha value is -2.85. The SMILES string of the molecule is CCc1nn(-c2cccc(C=Cc3ccc(Cl)cc3)c2)c(CC)c1C(=O)O. The fourth-order valence-corrected chi connectivity index (χ4v) is 3.19. The van der Waals surface area contributed by atoms with Crippen LogP contribution in [-0.4, -0.2) is 20.9 Å². The van der Waals surface area contributed by atoms with Gasteiger partial charge in [0, 0.05) is 5.02 Å². The second-order valence-electron chi connectivity index (χ2n) is 6.17. The number of aryl methyl sites for hydroxylation is 1. The van der Waals surface area contributed by atoms with Gasteiger partial charge >= 0.3 is 5.97 Å². The summed E-state index contributed by atoms with van der Waals surface area (Å²) in [5.74, 6) is -0.922. The molecule has 0 amide bonds. The van der Waals surface area contributed by atoms with Crippen LogP contribution in [0.2, 0.25) is 5.02 Å². The van der Waals surface area contributed by atoms with Crippen molar-refractivity contribution in [3.05, 3.63) is 81.6 Å². The average Bonchev–Trinajstić information content (AvgIpc) is 3.07. The molecule has 1 N–H and O–H groups in total. The Labute approximate surface area is 163 Å². The molecule has 0 saturated heterocycles. The quantitative estimate of drug-likeness (QED) is 0.573. The van der Waals surface area contributed by atoms with Gasteiger partial charge in [0.15, 0.2) is 0 Å². The molecule has 5 heteroatoms. The molecule has 1 aromatic heterocycles. The minimum atomic E-state index is -0.922. The Kier molecular flexibility index (Phi) is 5.77. The molecule has 0 saturated carbocycles. The number of aromatic nitrogens is 2. The normalized spacial score (nSPS) is 11.2. The molecule has 2 aromatic carbocycles. The number of rotatable bonds is 6. The van der Waals surface area contributed by atoms with E-state index in [1.807, 2.05) is 74.5 Å². The average molecular weight is 381 g/mol. The van der Waals surface area contributed by atoms with Crippen LogP contribution in [0.3, 0.4) is 0 Å². The highest BCUT2D eigenvalue weighted by atomic mass is 35.5. The summed E-state index contributed by atoms with van der Waals surface area (Å²) >= 11 is 5.92. The zero-order valence-electron chi connectivity index (χ0n) is 15.3. The predicted molar refractivity (Wildman–Crippen MR) is 110 cm³/mol. The molecule has 0 fully saturated rings. The summed E-state index contributed by atoms with van der Waals surface area (Å²) in [7, 11) is 0. The van der Waals surface area contributed by atoms with Gasteiger partial charge in [0.1, 0.15) is 5.56 Å². The van der Waals surface area contributed by atoms with E-state index in [2.05, 4.69) is 5.10 Å². The van der Waals surface area contributed by atoms with Crippen LogP contribution in [-0.2, 0) is 12.8 Å². The maximum atomic E-state index is 11.7. The van der Waals surface area contributed by atoms with E-state index in [4.69, 9.17) is 11.6 Å². The first kappa shape index (κ1) is 18.9. The highest BCUT2D eigenvalue weighted by Gasteiger charge is 2.21. The van der Waals surface area contributed by atoms with Crippen LogP contribution in [0.5, 0.6) is 0 Å². The van der Waals surface area contributed by atoms with Crippen LogP contribution >= 0.6 is 11.6 Å². The highest BCUT2D eigenvalue weighted by molar-refractivity contribution is 6.30. The number of carboxylic acids is 1. The molecule has 0 unspecified atom stereocenters. The van der Waals surface area contributed by atoms with E-state index in [-0.39, 0.29) is 0 Å². The van der Waals surface area contributed by atoms with Gasteiger partial charge in [0.05, 0.1) is 17.1 Å². The van der Waals surface area contributed by atoms with E-state index in [0.717, 1.165) is 22.5 Å². The van der Waals surface area contributed by atoms with Crippen molar-refractivity contribution in [1.82, 2.24) is 9.78 Å². The third kappa shape index (κ3) is 4.12. The Balaban J connectivity index is 1.98. The smallest absolute Gasteiger partial charge is 0.339 e. The number of carbonyl (C=O) groups is 1. The largest absolute Gasteiger partial charge is 0.478 e. The predicted octanol–water partition coefficient (Wildman–Crippen LogP) is 5.52. The fraction of sp³-hybridized carbons (Fsp3) is 0.182. The molecule has 0 aliphatic rings. The van der Waals surface area contributed by atoms with Crippen LogP contribution < -0.4 is 0 Å². The van der Waals surface area contributed by atoms with Crippen molar-refractivity contribution in [2.24, 2.45) is 0 Å². The van der Waals surface area contributed by atoms with Gasteiger partial charge < -0.3 is 5.11 Å². The van der Waals surface area contributed by atoms with Crippen LogP contribution in [0, 0.1) is 0 Å². The number of halogens is 1. The molecule has 3 aromatic rings. The van der Waals surface area contributed by atoms with Gasteiger partial charge in [-0.1, -0.05) is 61.9 Å². The maximum Gasteiger partial charge on any atom is 0.339 e. The molecule has 138 valence electrons. The lowest BCUT2D eigenvalue weighted by Crippen LogP contribution is -2.06. The van der Waals surface area contributed by atoms with Crippen molar-refractivity contribution >= 4 is 29.7 Å². The summed E-state index contributed by atoms with van der Waals surface area (Å²) in [6.07, 6.45) is 5.21. The Morgan fingerprint density at radius 3 is 2.41 bits per heavy atom. The van der Waals surface area contributed by atoms with Crippen LogP contribution in [0.25, 0.3) is 17.8 Å². The lowest BCUT2D eigenvalue weighted by atomic mass is 10.1. The molecular formula is C22H21ClN2O2. The van der Waals surface area contributed by atoms with Crippen LogP contribution in [0.4, 0.5) is 0 Å². The molecule has 3 rings (SSSR count). The van der Waals surface area contributed by atoms with Crippen LogP contribution in [0.15, 0.2) is 48.5 Å². The minimum absolute atomic E-state index is 0.321. The molecule has 0 aliphatic carbocycles. The second-order valence-corrected chi connectivity index (χ2v) is 6.61. The molecule has 0 spiro atoms. The summed E-state index contributed by atoms with van der Waals surface area (Å²) in [4.78, 5) is 11.7. The number of hydrogen-bond donors (Lipinski definition) is 1. The number of nitrogens with zero attached hydrogens (tertiary/aromatic N) is 2. The Bertz CT molecular complexity index is 988. The zero-order valence-corrected chi connectivity index (χ0v) is 16.1.